The first-order chi connectivity index (χ1) is 25.8. The van der Waals surface area contributed by atoms with Gasteiger partial charge in [-0.1, -0.05) is 140 Å². The minimum Gasteiger partial charge on any atom is -0.456 e. The number of benzene rings is 8. The summed E-state index contributed by atoms with van der Waals surface area (Å²) in [4.78, 5) is 5.24. The standard InChI is InChI=1S/C49H30N2O/c1-2-12-34(13-3-1)49-40-30-45-48(39-17-7-11-21-44(39)52-45)46(47(40)38-16-4-8-18-41(38)50-49)33-24-22-31(23-25-33)32-26-28-35(29-27-32)51-42-19-9-5-14-36(42)37-15-6-10-20-43(37)51/h1-30H. The first-order valence-corrected chi connectivity index (χ1v) is 17.7. The van der Waals surface area contributed by atoms with E-state index < -0.39 is 0 Å². The Morgan fingerprint density at radius 3 is 1.65 bits per heavy atom. The molecule has 0 N–H and O–H groups in total. The Morgan fingerprint density at radius 2 is 0.942 bits per heavy atom. The number of aromatic nitrogens is 2. The first-order valence-electron chi connectivity index (χ1n) is 17.7. The SMILES string of the molecule is c1ccc(-c2nc3ccccc3c3c(-c4ccc(-c5ccc(-n6c7ccccc7c7ccccc76)cc5)cc4)c4c(cc23)oc2ccccc24)cc1. The summed E-state index contributed by atoms with van der Waals surface area (Å²) in [6, 6.07) is 64.8. The van der Waals surface area contributed by atoms with Crippen LogP contribution in [0.1, 0.15) is 0 Å². The summed E-state index contributed by atoms with van der Waals surface area (Å²) < 4.78 is 8.95. The fourth-order valence-corrected chi connectivity index (χ4v) is 8.25. The Morgan fingerprint density at radius 1 is 0.385 bits per heavy atom. The lowest BCUT2D eigenvalue weighted by Crippen LogP contribution is -1.94. The van der Waals surface area contributed by atoms with E-state index in [9.17, 15) is 0 Å². The molecule has 0 saturated carbocycles. The highest BCUT2D eigenvalue weighted by atomic mass is 16.3. The molecule has 3 nitrogen and oxygen atoms in total. The zero-order chi connectivity index (χ0) is 34.2. The zero-order valence-electron chi connectivity index (χ0n) is 28.1. The number of fused-ring (bicyclic) bond motifs is 9. The van der Waals surface area contributed by atoms with Crippen molar-refractivity contribution >= 4 is 65.4 Å². The molecule has 0 aliphatic rings. The maximum Gasteiger partial charge on any atom is 0.136 e. The van der Waals surface area contributed by atoms with Gasteiger partial charge in [-0.25, -0.2) is 4.98 Å². The molecule has 3 aromatic heterocycles. The highest BCUT2D eigenvalue weighted by molar-refractivity contribution is 6.27. The normalized spacial score (nSPS) is 11.8. The second-order valence-corrected chi connectivity index (χ2v) is 13.5. The van der Waals surface area contributed by atoms with Crippen LogP contribution in [0, 0.1) is 0 Å². The average Bonchev–Trinajstić information content (AvgIpc) is 3.76. The van der Waals surface area contributed by atoms with Crippen LogP contribution in [-0.4, -0.2) is 9.55 Å². The molecule has 0 bridgehead atoms. The van der Waals surface area contributed by atoms with Crippen LogP contribution >= 0.6 is 0 Å². The zero-order valence-corrected chi connectivity index (χ0v) is 28.1. The number of hydrogen-bond acceptors (Lipinski definition) is 2. The van der Waals surface area contributed by atoms with E-state index in [0.29, 0.717) is 0 Å². The smallest absolute Gasteiger partial charge is 0.136 e. The minimum absolute atomic E-state index is 0.864. The van der Waals surface area contributed by atoms with E-state index in [-0.39, 0.29) is 0 Å². The van der Waals surface area contributed by atoms with Crippen LogP contribution in [0.3, 0.4) is 0 Å². The van der Waals surface area contributed by atoms with Crippen LogP contribution in [0.2, 0.25) is 0 Å². The molecular formula is C49H30N2O. The Bertz CT molecular complexity index is 3100. The van der Waals surface area contributed by atoms with Crippen LogP contribution in [0.25, 0.3) is 105 Å². The Hall–Kier alpha value is -6.97. The molecule has 0 saturated heterocycles. The third-order valence-electron chi connectivity index (χ3n) is 10.6. The highest BCUT2D eigenvalue weighted by Gasteiger charge is 2.21. The van der Waals surface area contributed by atoms with Crippen LogP contribution in [0.15, 0.2) is 186 Å². The van der Waals surface area contributed by atoms with Crippen LogP contribution in [-0.2, 0) is 0 Å². The summed E-state index contributed by atoms with van der Waals surface area (Å²) in [5.74, 6) is 0. The fraction of sp³-hybridized carbons (Fsp3) is 0. The van der Waals surface area contributed by atoms with E-state index in [1.165, 1.54) is 43.9 Å². The van der Waals surface area contributed by atoms with Crippen molar-refractivity contribution in [2.24, 2.45) is 0 Å². The highest BCUT2D eigenvalue weighted by Crippen LogP contribution is 2.46. The third kappa shape index (κ3) is 4.30. The second kappa shape index (κ2) is 11.3. The molecule has 3 heteroatoms. The predicted octanol–water partition coefficient (Wildman–Crippen LogP) is 13.4. The summed E-state index contributed by atoms with van der Waals surface area (Å²) in [5.41, 5.74) is 13.0. The van der Waals surface area contributed by atoms with Gasteiger partial charge in [-0.05, 0) is 59.2 Å². The van der Waals surface area contributed by atoms with Gasteiger partial charge >= 0.3 is 0 Å². The molecule has 52 heavy (non-hydrogen) atoms. The molecule has 0 radical (unpaired) electrons. The molecule has 0 amide bonds. The second-order valence-electron chi connectivity index (χ2n) is 13.5. The predicted molar refractivity (Wildman–Crippen MR) is 217 cm³/mol. The molecule has 3 heterocycles. The summed E-state index contributed by atoms with van der Waals surface area (Å²) >= 11 is 0. The number of nitrogens with zero attached hydrogens (tertiary/aromatic N) is 2. The van der Waals surface area contributed by atoms with Gasteiger partial charge in [-0.2, -0.15) is 0 Å². The van der Waals surface area contributed by atoms with Crippen molar-refractivity contribution in [2.75, 3.05) is 0 Å². The van der Waals surface area contributed by atoms with Gasteiger partial charge in [-0.15, -0.1) is 0 Å². The fourth-order valence-electron chi connectivity index (χ4n) is 8.25. The Kier molecular flexibility index (Phi) is 6.25. The molecule has 11 aromatic rings. The van der Waals surface area contributed by atoms with Gasteiger partial charge in [0.1, 0.15) is 11.2 Å². The van der Waals surface area contributed by atoms with E-state index in [1.807, 2.05) is 6.07 Å². The molecule has 0 unspecified atom stereocenters. The van der Waals surface area contributed by atoms with Crippen molar-refractivity contribution in [3.63, 3.8) is 0 Å². The van der Waals surface area contributed by atoms with Gasteiger partial charge in [-0.3, -0.25) is 0 Å². The largest absolute Gasteiger partial charge is 0.456 e. The number of furan rings is 1. The maximum absolute atomic E-state index is 6.58. The Balaban J connectivity index is 1.10. The summed E-state index contributed by atoms with van der Waals surface area (Å²) in [6.07, 6.45) is 0. The van der Waals surface area contributed by atoms with Crippen LogP contribution < -0.4 is 0 Å². The molecule has 0 fully saturated rings. The van der Waals surface area contributed by atoms with E-state index in [1.54, 1.807) is 0 Å². The lowest BCUT2D eigenvalue weighted by molar-refractivity contribution is 0.669. The van der Waals surface area contributed by atoms with Crippen molar-refractivity contribution < 1.29 is 4.42 Å². The molecule has 0 atom stereocenters. The first kappa shape index (κ1) is 28.8. The Labute approximate surface area is 299 Å². The van der Waals surface area contributed by atoms with E-state index in [4.69, 9.17) is 9.40 Å². The molecule has 0 spiro atoms. The van der Waals surface area contributed by atoms with Crippen molar-refractivity contribution in [1.82, 2.24) is 9.55 Å². The van der Waals surface area contributed by atoms with Gasteiger partial charge in [0.2, 0.25) is 0 Å². The molecule has 8 aromatic carbocycles. The number of para-hydroxylation sites is 4. The third-order valence-corrected chi connectivity index (χ3v) is 10.6. The monoisotopic (exact) mass is 662 g/mol. The molecule has 242 valence electrons. The van der Waals surface area contributed by atoms with E-state index >= 15 is 0 Å². The van der Waals surface area contributed by atoms with Crippen LogP contribution in [0.4, 0.5) is 0 Å². The lowest BCUT2D eigenvalue weighted by atomic mass is 9.89. The maximum atomic E-state index is 6.58. The van der Waals surface area contributed by atoms with Gasteiger partial charge < -0.3 is 8.98 Å². The van der Waals surface area contributed by atoms with Crippen LogP contribution in [0.5, 0.6) is 0 Å². The molecule has 0 aliphatic carbocycles. The topological polar surface area (TPSA) is 31.0 Å². The van der Waals surface area contributed by atoms with E-state index in [2.05, 4.69) is 180 Å². The van der Waals surface area contributed by atoms with Crippen molar-refractivity contribution in [3.05, 3.63) is 182 Å². The number of pyridine rings is 1. The minimum atomic E-state index is 0.864. The lowest BCUT2D eigenvalue weighted by Gasteiger charge is -2.16. The van der Waals surface area contributed by atoms with Crippen molar-refractivity contribution in [3.8, 4) is 39.2 Å². The van der Waals surface area contributed by atoms with Gasteiger partial charge in [0.25, 0.3) is 0 Å². The van der Waals surface area contributed by atoms with Crippen molar-refractivity contribution in [2.45, 2.75) is 0 Å². The summed E-state index contributed by atoms with van der Waals surface area (Å²) in [6.45, 7) is 0. The summed E-state index contributed by atoms with van der Waals surface area (Å²) in [5, 5.41) is 8.17. The number of hydrogen-bond donors (Lipinski definition) is 0. The average molecular weight is 663 g/mol. The van der Waals surface area contributed by atoms with E-state index in [0.717, 1.165) is 60.7 Å². The van der Waals surface area contributed by atoms with Gasteiger partial charge in [0.05, 0.1) is 22.2 Å². The van der Waals surface area contributed by atoms with Gasteiger partial charge in [0.15, 0.2) is 0 Å². The number of rotatable bonds is 4. The quantitative estimate of drug-likeness (QED) is 0.176. The molecular weight excluding hydrogens is 633 g/mol. The molecule has 0 aliphatic heterocycles. The summed E-state index contributed by atoms with van der Waals surface area (Å²) in [7, 11) is 0. The molecule has 11 rings (SSSR count). The van der Waals surface area contributed by atoms with Gasteiger partial charge in [0, 0.05) is 54.5 Å². The van der Waals surface area contributed by atoms with Crippen molar-refractivity contribution in [1.29, 1.82) is 0 Å².